The molecule has 0 spiro atoms. The monoisotopic (exact) mass is 175 g/mol. The zero-order valence-corrected chi connectivity index (χ0v) is 7.70. The standard InChI is InChI=1S/C10H13N3/c1-9(6-11)7-13-8-10-2-4-12-5-3-10/h2-5,9,13H,7-8H2,1H3. The first-order valence-corrected chi connectivity index (χ1v) is 4.32. The van der Waals surface area contributed by atoms with Gasteiger partial charge in [0.25, 0.3) is 0 Å². The molecule has 0 saturated carbocycles. The van der Waals surface area contributed by atoms with Crippen LogP contribution in [0.1, 0.15) is 12.5 Å². The third kappa shape index (κ3) is 3.68. The van der Waals surface area contributed by atoms with Gasteiger partial charge in [0.2, 0.25) is 0 Å². The molecule has 1 aromatic heterocycles. The van der Waals surface area contributed by atoms with Gasteiger partial charge in [-0.1, -0.05) is 0 Å². The Balaban J connectivity index is 2.25. The van der Waals surface area contributed by atoms with Crippen molar-refractivity contribution in [3.8, 4) is 6.07 Å². The van der Waals surface area contributed by atoms with Gasteiger partial charge in [-0.2, -0.15) is 5.26 Å². The quantitative estimate of drug-likeness (QED) is 0.751. The first-order valence-electron chi connectivity index (χ1n) is 4.32. The number of nitriles is 1. The molecule has 0 fully saturated rings. The predicted octanol–water partition coefficient (Wildman–Crippen LogP) is 1.33. The van der Waals surface area contributed by atoms with E-state index in [1.54, 1.807) is 12.4 Å². The van der Waals surface area contributed by atoms with Gasteiger partial charge in [-0.3, -0.25) is 4.98 Å². The molecule has 3 nitrogen and oxygen atoms in total. The summed E-state index contributed by atoms with van der Waals surface area (Å²) in [6, 6.07) is 6.10. The zero-order valence-electron chi connectivity index (χ0n) is 7.70. The van der Waals surface area contributed by atoms with Crippen molar-refractivity contribution in [2.24, 2.45) is 5.92 Å². The van der Waals surface area contributed by atoms with Crippen LogP contribution in [0.4, 0.5) is 0 Å². The molecule has 0 amide bonds. The van der Waals surface area contributed by atoms with Crippen LogP contribution in [0, 0.1) is 17.2 Å². The van der Waals surface area contributed by atoms with E-state index in [-0.39, 0.29) is 5.92 Å². The first kappa shape index (κ1) is 9.69. The summed E-state index contributed by atoms with van der Waals surface area (Å²) in [7, 11) is 0. The van der Waals surface area contributed by atoms with E-state index in [1.807, 2.05) is 19.1 Å². The van der Waals surface area contributed by atoms with E-state index in [1.165, 1.54) is 5.56 Å². The van der Waals surface area contributed by atoms with Gasteiger partial charge in [0.05, 0.1) is 12.0 Å². The minimum atomic E-state index is 0.0711. The van der Waals surface area contributed by atoms with Crippen molar-refractivity contribution in [2.45, 2.75) is 13.5 Å². The zero-order chi connectivity index (χ0) is 9.52. The highest BCUT2D eigenvalue weighted by Gasteiger charge is 1.97. The lowest BCUT2D eigenvalue weighted by Crippen LogP contribution is -2.19. The normalized spacial score (nSPS) is 12.0. The van der Waals surface area contributed by atoms with E-state index in [2.05, 4.69) is 16.4 Å². The van der Waals surface area contributed by atoms with Gasteiger partial charge in [0.1, 0.15) is 0 Å². The first-order chi connectivity index (χ1) is 6.33. The minimum absolute atomic E-state index is 0.0711. The summed E-state index contributed by atoms with van der Waals surface area (Å²) in [6.45, 7) is 3.44. The summed E-state index contributed by atoms with van der Waals surface area (Å²) in [5, 5.41) is 11.7. The number of nitrogens with zero attached hydrogens (tertiary/aromatic N) is 2. The molecule has 1 unspecified atom stereocenters. The molecule has 3 heteroatoms. The van der Waals surface area contributed by atoms with E-state index < -0.39 is 0 Å². The van der Waals surface area contributed by atoms with Crippen molar-refractivity contribution >= 4 is 0 Å². The smallest absolute Gasteiger partial charge is 0.0666 e. The lowest BCUT2D eigenvalue weighted by Gasteiger charge is -2.04. The summed E-state index contributed by atoms with van der Waals surface area (Å²) < 4.78 is 0. The molecule has 68 valence electrons. The van der Waals surface area contributed by atoms with Crippen LogP contribution >= 0.6 is 0 Å². The Morgan fingerprint density at radius 3 is 2.85 bits per heavy atom. The van der Waals surface area contributed by atoms with Crippen LogP contribution in [0.2, 0.25) is 0 Å². The van der Waals surface area contributed by atoms with E-state index in [0.29, 0.717) is 0 Å². The Hall–Kier alpha value is -1.40. The molecule has 1 heterocycles. The maximum atomic E-state index is 8.53. The molecule has 1 aromatic rings. The van der Waals surface area contributed by atoms with Crippen LogP contribution in [0.5, 0.6) is 0 Å². The number of nitrogens with one attached hydrogen (secondary N) is 1. The summed E-state index contributed by atoms with van der Waals surface area (Å²) in [6.07, 6.45) is 3.54. The fraction of sp³-hybridized carbons (Fsp3) is 0.400. The van der Waals surface area contributed by atoms with E-state index in [4.69, 9.17) is 5.26 Å². The Labute approximate surface area is 78.4 Å². The van der Waals surface area contributed by atoms with Crippen molar-refractivity contribution < 1.29 is 0 Å². The van der Waals surface area contributed by atoms with Crippen LogP contribution < -0.4 is 5.32 Å². The molecule has 0 aromatic carbocycles. The number of aromatic nitrogens is 1. The highest BCUT2D eigenvalue weighted by atomic mass is 14.9. The van der Waals surface area contributed by atoms with E-state index in [0.717, 1.165) is 13.1 Å². The Morgan fingerprint density at radius 1 is 1.54 bits per heavy atom. The van der Waals surface area contributed by atoms with Gasteiger partial charge in [-0.25, -0.2) is 0 Å². The highest BCUT2D eigenvalue weighted by molar-refractivity contribution is 5.09. The van der Waals surface area contributed by atoms with Crippen molar-refractivity contribution in [3.05, 3.63) is 30.1 Å². The van der Waals surface area contributed by atoms with Crippen LogP contribution in [0.3, 0.4) is 0 Å². The van der Waals surface area contributed by atoms with Gasteiger partial charge in [0, 0.05) is 25.5 Å². The molecule has 0 aliphatic heterocycles. The number of hydrogen-bond acceptors (Lipinski definition) is 3. The number of hydrogen-bond donors (Lipinski definition) is 1. The van der Waals surface area contributed by atoms with Gasteiger partial charge in [-0.05, 0) is 24.6 Å². The fourth-order valence-corrected chi connectivity index (χ4v) is 0.979. The van der Waals surface area contributed by atoms with E-state index in [9.17, 15) is 0 Å². The summed E-state index contributed by atoms with van der Waals surface area (Å²) >= 11 is 0. The second-order valence-corrected chi connectivity index (χ2v) is 3.02. The largest absolute Gasteiger partial charge is 0.311 e. The summed E-state index contributed by atoms with van der Waals surface area (Å²) in [4.78, 5) is 3.92. The molecule has 0 radical (unpaired) electrons. The highest BCUT2D eigenvalue weighted by Crippen LogP contribution is 1.95. The molecule has 1 N–H and O–H groups in total. The fourth-order valence-electron chi connectivity index (χ4n) is 0.979. The van der Waals surface area contributed by atoms with Crippen molar-refractivity contribution in [2.75, 3.05) is 6.54 Å². The SMILES string of the molecule is CC(C#N)CNCc1ccncc1. The van der Waals surface area contributed by atoms with Gasteiger partial charge in [-0.15, -0.1) is 0 Å². The maximum absolute atomic E-state index is 8.53. The Bertz CT molecular complexity index is 276. The summed E-state index contributed by atoms with van der Waals surface area (Å²) in [5.41, 5.74) is 1.19. The van der Waals surface area contributed by atoms with Gasteiger partial charge in [0.15, 0.2) is 0 Å². The molecule has 1 rings (SSSR count). The second kappa shape index (κ2) is 5.28. The van der Waals surface area contributed by atoms with Crippen LogP contribution in [-0.2, 0) is 6.54 Å². The van der Waals surface area contributed by atoms with Gasteiger partial charge >= 0.3 is 0 Å². The Morgan fingerprint density at radius 2 is 2.23 bits per heavy atom. The van der Waals surface area contributed by atoms with Crippen LogP contribution in [-0.4, -0.2) is 11.5 Å². The number of rotatable bonds is 4. The van der Waals surface area contributed by atoms with Crippen molar-refractivity contribution in [1.29, 1.82) is 5.26 Å². The Kier molecular flexibility index (Phi) is 3.94. The lowest BCUT2D eigenvalue weighted by molar-refractivity contribution is 0.601. The molecular formula is C10H13N3. The average Bonchev–Trinajstić information content (AvgIpc) is 2.19. The molecular weight excluding hydrogens is 162 g/mol. The third-order valence-corrected chi connectivity index (χ3v) is 1.75. The van der Waals surface area contributed by atoms with Crippen LogP contribution in [0.25, 0.3) is 0 Å². The lowest BCUT2D eigenvalue weighted by atomic mass is 10.2. The van der Waals surface area contributed by atoms with Crippen molar-refractivity contribution in [3.63, 3.8) is 0 Å². The maximum Gasteiger partial charge on any atom is 0.0666 e. The molecule has 0 saturated heterocycles. The second-order valence-electron chi connectivity index (χ2n) is 3.02. The van der Waals surface area contributed by atoms with Crippen molar-refractivity contribution in [1.82, 2.24) is 10.3 Å². The molecule has 0 aliphatic rings. The molecule has 1 atom stereocenters. The average molecular weight is 175 g/mol. The summed E-state index contributed by atoms with van der Waals surface area (Å²) in [5.74, 6) is 0.0711. The number of pyridine rings is 1. The predicted molar refractivity (Wildman–Crippen MR) is 50.7 cm³/mol. The topological polar surface area (TPSA) is 48.7 Å². The van der Waals surface area contributed by atoms with E-state index >= 15 is 0 Å². The third-order valence-electron chi connectivity index (χ3n) is 1.75. The van der Waals surface area contributed by atoms with Gasteiger partial charge < -0.3 is 5.32 Å². The molecule has 0 bridgehead atoms. The molecule has 0 aliphatic carbocycles. The molecule has 13 heavy (non-hydrogen) atoms. The minimum Gasteiger partial charge on any atom is -0.311 e. The van der Waals surface area contributed by atoms with Crippen LogP contribution in [0.15, 0.2) is 24.5 Å².